The SMILES string of the molecule is O=C(OC(F)F)c1c(F)c(F)c(F)c(F)c1F. The predicted octanol–water partition coefficient (Wildman–Crippen LogP) is 2.76. The number of carbonyl (C=O) groups excluding carboxylic acids is 1. The largest absolute Gasteiger partial charge is 0.399 e. The van der Waals surface area contributed by atoms with E-state index in [0.29, 0.717) is 0 Å². The van der Waals surface area contributed by atoms with Gasteiger partial charge in [-0.2, -0.15) is 8.78 Å². The average molecular weight is 262 g/mol. The van der Waals surface area contributed by atoms with Crippen molar-refractivity contribution in [2.24, 2.45) is 0 Å². The number of benzene rings is 1. The van der Waals surface area contributed by atoms with Crippen molar-refractivity contribution in [3.63, 3.8) is 0 Å². The monoisotopic (exact) mass is 262 g/mol. The summed E-state index contributed by atoms with van der Waals surface area (Å²) in [5, 5.41) is 0. The molecule has 0 saturated carbocycles. The van der Waals surface area contributed by atoms with Gasteiger partial charge in [0.2, 0.25) is 5.82 Å². The lowest BCUT2D eigenvalue weighted by atomic mass is 10.1. The number of halogens is 7. The minimum Gasteiger partial charge on any atom is -0.399 e. The van der Waals surface area contributed by atoms with Gasteiger partial charge in [-0.15, -0.1) is 0 Å². The molecule has 94 valence electrons. The van der Waals surface area contributed by atoms with E-state index in [0.717, 1.165) is 0 Å². The molecule has 0 aliphatic carbocycles. The second-order valence-electron chi connectivity index (χ2n) is 2.61. The lowest BCUT2D eigenvalue weighted by Crippen LogP contribution is -2.17. The number of esters is 1. The van der Waals surface area contributed by atoms with Crippen LogP contribution in [-0.2, 0) is 4.74 Å². The molecule has 9 heteroatoms. The van der Waals surface area contributed by atoms with E-state index in [1.807, 2.05) is 0 Å². The van der Waals surface area contributed by atoms with E-state index < -0.39 is 47.2 Å². The molecule has 0 fully saturated rings. The maximum atomic E-state index is 12.8. The maximum absolute atomic E-state index is 12.8. The Morgan fingerprint density at radius 1 is 0.824 bits per heavy atom. The van der Waals surface area contributed by atoms with Crippen LogP contribution in [0.2, 0.25) is 0 Å². The minimum absolute atomic E-state index is 2.07. The molecule has 0 aliphatic heterocycles. The van der Waals surface area contributed by atoms with Crippen LogP contribution in [0.4, 0.5) is 30.7 Å². The van der Waals surface area contributed by atoms with Crippen LogP contribution < -0.4 is 0 Å². The van der Waals surface area contributed by atoms with Crippen molar-refractivity contribution in [3.05, 3.63) is 34.6 Å². The molecule has 0 unspecified atom stereocenters. The number of hydrogen-bond donors (Lipinski definition) is 0. The van der Waals surface area contributed by atoms with Gasteiger partial charge in [-0.25, -0.2) is 26.7 Å². The summed E-state index contributed by atoms with van der Waals surface area (Å²) in [6.45, 7) is -3.75. The quantitative estimate of drug-likeness (QED) is 0.354. The van der Waals surface area contributed by atoms with E-state index in [9.17, 15) is 35.5 Å². The van der Waals surface area contributed by atoms with Gasteiger partial charge in [0.15, 0.2) is 23.3 Å². The van der Waals surface area contributed by atoms with Crippen molar-refractivity contribution in [3.8, 4) is 0 Å². The average Bonchev–Trinajstić information content (AvgIpc) is 2.23. The van der Waals surface area contributed by atoms with Crippen LogP contribution >= 0.6 is 0 Å². The van der Waals surface area contributed by atoms with Gasteiger partial charge in [0.05, 0.1) is 0 Å². The summed E-state index contributed by atoms with van der Waals surface area (Å²) in [7, 11) is 0. The highest BCUT2D eigenvalue weighted by Gasteiger charge is 2.31. The third kappa shape index (κ3) is 2.32. The number of rotatable bonds is 2. The van der Waals surface area contributed by atoms with Gasteiger partial charge in [0, 0.05) is 0 Å². The summed E-state index contributed by atoms with van der Waals surface area (Å²) in [6, 6.07) is 0. The zero-order valence-corrected chi connectivity index (χ0v) is 7.54. The van der Waals surface area contributed by atoms with Crippen LogP contribution in [0.5, 0.6) is 0 Å². The maximum Gasteiger partial charge on any atom is 0.389 e. The summed E-state index contributed by atoms with van der Waals surface area (Å²) in [6.07, 6.45) is 0. The smallest absolute Gasteiger partial charge is 0.389 e. The molecule has 1 aromatic rings. The first-order chi connectivity index (χ1) is 7.77. The summed E-state index contributed by atoms with van der Waals surface area (Å²) < 4.78 is 89.4. The van der Waals surface area contributed by atoms with Gasteiger partial charge in [0.1, 0.15) is 5.56 Å². The Morgan fingerprint density at radius 3 is 1.53 bits per heavy atom. The van der Waals surface area contributed by atoms with E-state index in [-0.39, 0.29) is 0 Å². The molecule has 2 nitrogen and oxygen atoms in total. The zero-order chi connectivity index (χ0) is 13.3. The van der Waals surface area contributed by atoms with Crippen molar-refractivity contribution in [1.82, 2.24) is 0 Å². The van der Waals surface area contributed by atoms with Crippen molar-refractivity contribution in [1.29, 1.82) is 0 Å². The molecule has 17 heavy (non-hydrogen) atoms. The normalized spacial score (nSPS) is 10.8. The number of alkyl halides is 2. The molecule has 1 rings (SSSR count). The first-order valence-electron chi connectivity index (χ1n) is 3.78. The first-order valence-corrected chi connectivity index (χ1v) is 3.78. The van der Waals surface area contributed by atoms with Gasteiger partial charge in [-0.05, 0) is 0 Å². The summed E-state index contributed by atoms with van der Waals surface area (Å²) in [5.41, 5.74) is -2.07. The predicted molar refractivity (Wildman–Crippen MR) is 37.7 cm³/mol. The Kier molecular flexibility index (Phi) is 3.59. The molecular weight excluding hydrogens is 261 g/mol. The summed E-state index contributed by atoms with van der Waals surface area (Å²) in [5.74, 6) is -14.8. The van der Waals surface area contributed by atoms with Crippen molar-refractivity contribution < 1.29 is 40.3 Å². The Balaban J connectivity index is 3.39. The number of ether oxygens (including phenoxy) is 1. The molecule has 0 bridgehead atoms. The lowest BCUT2D eigenvalue weighted by Gasteiger charge is -2.07. The molecule has 0 aromatic heterocycles. The molecule has 0 N–H and O–H groups in total. The van der Waals surface area contributed by atoms with Crippen LogP contribution in [0.1, 0.15) is 10.4 Å². The minimum atomic E-state index is -3.75. The standard InChI is InChI=1S/C8HF7O2/c9-2-1(7(16)17-8(14)15)3(10)5(12)6(13)4(2)11/h8H. The summed E-state index contributed by atoms with van der Waals surface area (Å²) in [4.78, 5) is 10.7. The molecule has 1 aromatic carbocycles. The fourth-order valence-electron chi connectivity index (χ4n) is 0.924. The Hall–Kier alpha value is -1.80. The molecular formula is C8HF7O2. The summed E-state index contributed by atoms with van der Waals surface area (Å²) >= 11 is 0. The number of carbonyl (C=O) groups is 1. The van der Waals surface area contributed by atoms with Crippen LogP contribution in [0, 0.1) is 29.1 Å². The van der Waals surface area contributed by atoms with Crippen molar-refractivity contribution in [2.45, 2.75) is 6.61 Å². The van der Waals surface area contributed by atoms with E-state index >= 15 is 0 Å². The van der Waals surface area contributed by atoms with E-state index in [1.54, 1.807) is 0 Å². The van der Waals surface area contributed by atoms with Crippen LogP contribution in [-0.4, -0.2) is 12.6 Å². The topological polar surface area (TPSA) is 26.3 Å². The Bertz CT molecular complexity index is 442. The van der Waals surface area contributed by atoms with Gasteiger partial charge in [0.25, 0.3) is 0 Å². The third-order valence-corrected chi connectivity index (χ3v) is 1.61. The second-order valence-corrected chi connectivity index (χ2v) is 2.61. The van der Waals surface area contributed by atoms with Crippen LogP contribution in [0.15, 0.2) is 0 Å². The highest BCUT2D eigenvalue weighted by Crippen LogP contribution is 2.24. The Morgan fingerprint density at radius 2 is 1.18 bits per heavy atom. The molecule has 0 aliphatic rings. The van der Waals surface area contributed by atoms with E-state index in [1.165, 1.54) is 0 Å². The van der Waals surface area contributed by atoms with Gasteiger partial charge in [-0.1, -0.05) is 0 Å². The zero-order valence-electron chi connectivity index (χ0n) is 7.54. The molecule has 0 atom stereocenters. The fourth-order valence-corrected chi connectivity index (χ4v) is 0.924. The third-order valence-electron chi connectivity index (χ3n) is 1.61. The van der Waals surface area contributed by atoms with Crippen molar-refractivity contribution in [2.75, 3.05) is 0 Å². The highest BCUT2D eigenvalue weighted by molar-refractivity contribution is 5.90. The van der Waals surface area contributed by atoms with Gasteiger partial charge < -0.3 is 4.74 Å². The van der Waals surface area contributed by atoms with Gasteiger partial charge in [-0.3, -0.25) is 0 Å². The molecule has 0 radical (unpaired) electrons. The van der Waals surface area contributed by atoms with Gasteiger partial charge >= 0.3 is 12.6 Å². The number of hydrogen-bond acceptors (Lipinski definition) is 2. The Labute approximate surface area is 88.6 Å². The first kappa shape index (κ1) is 13.3. The molecule has 0 heterocycles. The fraction of sp³-hybridized carbons (Fsp3) is 0.125. The lowest BCUT2D eigenvalue weighted by molar-refractivity contribution is -0.0911. The van der Waals surface area contributed by atoms with Crippen molar-refractivity contribution >= 4 is 5.97 Å². The second kappa shape index (κ2) is 4.60. The highest BCUT2D eigenvalue weighted by atomic mass is 19.3. The van der Waals surface area contributed by atoms with E-state index in [2.05, 4.69) is 4.74 Å². The molecule has 0 amide bonds. The van der Waals surface area contributed by atoms with Crippen LogP contribution in [0.25, 0.3) is 0 Å². The molecule has 0 saturated heterocycles. The molecule has 0 spiro atoms. The van der Waals surface area contributed by atoms with Crippen LogP contribution in [0.3, 0.4) is 0 Å². The van der Waals surface area contributed by atoms with E-state index in [4.69, 9.17) is 0 Å².